The van der Waals surface area contributed by atoms with Crippen molar-refractivity contribution in [1.29, 1.82) is 0 Å². The van der Waals surface area contributed by atoms with Crippen LogP contribution in [0.3, 0.4) is 0 Å². The first kappa shape index (κ1) is 17.9. The van der Waals surface area contributed by atoms with Crippen molar-refractivity contribution in [2.75, 3.05) is 9.91 Å². The minimum Gasteiger partial charge on any atom is -0.293 e. The van der Waals surface area contributed by atoms with Crippen molar-refractivity contribution in [2.24, 2.45) is 11.0 Å². The first-order valence-corrected chi connectivity index (χ1v) is 9.34. The van der Waals surface area contributed by atoms with E-state index >= 15 is 0 Å². The lowest BCUT2D eigenvalue weighted by Crippen LogP contribution is -2.39. The molecule has 27 heavy (non-hydrogen) atoms. The maximum atomic E-state index is 13.2. The Bertz CT molecular complexity index is 1010. The van der Waals surface area contributed by atoms with E-state index in [1.807, 2.05) is 0 Å². The number of amides is 2. The average Bonchev–Trinajstić information content (AvgIpc) is 3.15. The van der Waals surface area contributed by atoms with Crippen LogP contribution in [0.1, 0.15) is 6.92 Å². The molecule has 2 aliphatic rings. The highest BCUT2D eigenvalue weighted by molar-refractivity contribution is 9.10. The maximum absolute atomic E-state index is 13.2. The monoisotopic (exact) mass is 445 g/mol. The van der Waals surface area contributed by atoms with Crippen LogP contribution in [0.5, 0.6) is 0 Å². The summed E-state index contributed by atoms with van der Waals surface area (Å²) >= 11 is 9.56. The topological polar surface area (TPSA) is 70.1 Å². The van der Waals surface area contributed by atoms with Crippen molar-refractivity contribution < 1.29 is 14.4 Å². The first-order valence-electron chi connectivity index (χ1n) is 8.16. The molecule has 136 valence electrons. The molecule has 0 radical (unpaired) electrons. The molecule has 8 heteroatoms. The second kappa shape index (κ2) is 6.58. The summed E-state index contributed by atoms with van der Waals surface area (Å²) in [5.41, 5.74) is 1.00. The number of carbonyl (C=O) groups is 3. The van der Waals surface area contributed by atoms with E-state index in [4.69, 9.17) is 11.6 Å². The molecule has 2 aliphatic heterocycles. The van der Waals surface area contributed by atoms with Crippen LogP contribution in [0.2, 0.25) is 5.02 Å². The summed E-state index contributed by atoms with van der Waals surface area (Å²) in [7, 11) is 0. The lowest BCUT2D eigenvalue weighted by Gasteiger charge is -2.22. The van der Waals surface area contributed by atoms with Crippen molar-refractivity contribution in [2.45, 2.75) is 13.0 Å². The number of carbonyl (C=O) groups excluding carboxylic acids is 3. The highest BCUT2D eigenvalue weighted by Crippen LogP contribution is 2.39. The normalized spacial score (nSPS) is 21.5. The van der Waals surface area contributed by atoms with Gasteiger partial charge in [0.1, 0.15) is 17.7 Å². The van der Waals surface area contributed by atoms with Gasteiger partial charge in [-0.2, -0.15) is 5.10 Å². The van der Waals surface area contributed by atoms with Gasteiger partial charge in [0.2, 0.25) is 5.91 Å². The molecule has 1 fully saturated rings. The van der Waals surface area contributed by atoms with Crippen LogP contribution in [0.15, 0.2) is 58.1 Å². The summed E-state index contributed by atoms with van der Waals surface area (Å²) in [6.45, 7) is 1.34. The Labute approximate surface area is 168 Å². The summed E-state index contributed by atoms with van der Waals surface area (Å²) in [4.78, 5) is 39.4. The number of para-hydroxylation sites is 1. The Balaban J connectivity index is 1.82. The maximum Gasteiger partial charge on any atom is 0.259 e. The van der Waals surface area contributed by atoms with Gasteiger partial charge < -0.3 is 0 Å². The van der Waals surface area contributed by atoms with Crippen molar-refractivity contribution in [1.82, 2.24) is 0 Å². The molecule has 2 heterocycles. The van der Waals surface area contributed by atoms with Gasteiger partial charge in [-0.15, -0.1) is 0 Å². The third-order valence-corrected chi connectivity index (χ3v) is 5.44. The van der Waals surface area contributed by atoms with Crippen LogP contribution in [0.25, 0.3) is 0 Å². The molecule has 2 aromatic rings. The zero-order chi connectivity index (χ0) is 19.3. The predicted octanol–water partition coefficient (Wildman–Crippen LogP) is 3.43. The van der Waals surface area contributed by atoms with Crippen LogP contribution in [-0.2, 0) is 14.4 Å². The third kappa shape index (κ3) is 2.78. The first-order chi connectivity index (χ1) is 12.9. The molecule has 0 bridgehead atoms. The van der Waals surface area contributed by atoms with Gasteiger partial charge >= 0.3 is 0 Å². The molecule has 0 aliphatic carbocycles. The fourth-order valence-corrected chi connectivity index (χ4v) is 3.87. The van der Waals surface area contributed by atoms with Gasteiger partial charge in [0.25, 0.3) is 5.91 Å². The molecule has 0 unspecified atom stereocenters. The molecule has 2 amide bonds. The molecule has 6 nitrogen and oxygen atoms in total. The van der Waals surface area contributed by atoms with Crippen molar-refractivity contribution in [3.63, 3.8) is 0 Å². The molecular formula is C19H13BrClN3O3. The second-order valence-corrected chi connectivity index (χ2v) is 7.57. The largest absolute Gasteiger partial charge is 0.293 e. The number of benzene rings is 2. The van der Waals surface area contributed by atoms with Crippen molar-refractivity contribution >= 4 is 62.2 Å². The second-order valence-electron chi connectivity index (χ2n) is 6.25. The Morgan fingerprint density at radius 3 is 2.37 bits per heavy atom. The fourth-order valence-electron chi connectivity index (χ4n) is 3.38. The predicted molar refractivity (Wildman–Crippen MR) is 106 cm³/mol. The fraction of sp³-hybridized carbons (Fsp3) is 0.158. The molecule has 0 saturated carbocycles. The summed E-state index contributed by atoms with van der Waals surface area (Å²) in [5.74, 6) is -2.24. The number of fused-ring (bicyclic) bond motifs is 1. The van der Waals surface area contributed by atoms with Gasteiger partial charge in [-0.3, -0.25) is 19.4 Å². The summed E-state index contributed by atoms with van der Waals surface area (Å²) < 4.78 is 0.865. The molecule has 2 aromatic carbocycles. The van der Waals surface area contributed by atoms with E-state index < -0.39 is 23.8 Å². The minimum absolute atomic E-state index is 0.0795. The van der Waals surface area contributed by atoms with Crippen LogP contribution < -0.4 is 9.91 Å². The Hall–Kier alpha value is -2.51. The lowest BCUT2D eigenvalue weighted by atomic mass is 9.95. The van der Waals surface area contributed by atoms with Crippen LogP contribution >= 0.6 is 27.5 Å². The number of hydrazone groups is 1. The number of halogens is 2. The summed E-state index contributed by atoms with van der Waals surface area (Å²) in [6, 6.07) is 12.9. The Kier molecular flexibility index (Phi) is 4.36. The number of ketones is 1. The lowest BCUT2D eigenvalue weighted by molar-refractivity contribution is -0.122. The van der Waals surface area contributed by atoms with Gasteiger partial charge in [0.15, 0.2) is 5.78 Å². The molecule has 0 spiro atoms. The van der Waals surface area contributed by atoms with E-state index in [2.05, 4.69) is 21.0 Å². The van der Waals surface area contributed by atoms with Gasteiger partial charge in [0, 0.05) is 11.4 Å². The van der Waals surface area contributed by atoms with Crippen molar-refractivity contribution in [3.05, 3.63) is 58.0 Å². The van der Waals surface area contributed by atoms with Crippen LogP contribution in [0.4, 0.5) is 11.4 Å². The Morgan fingerprint density at radius 1 is 1.07 bits per heavy atom. The standard InChI is InChI=1S/C19H13BrClN3O3/c1-10(25)16-15-17(24(22-16)12-8-6-11(20)7-9-12)19(27)23(18(15)26)14-5-3-2-4-13(14)21/h2-9,15,17H,1H3/t15-,17+/m0/s1. The molecule has 1 saturated heterocycles. The number of imide groups is 1. The quantitative estimate of drug-likeness (QED) is 0.678. The molecule has 0 N–H and O–H groups in total. The zero-order valence-corrected chi connectivity index (χ0v) is 16.4. The molecular weight excluding hydrogens is 434 g/mol. The Morgan fingerprint density at radius 2 is 1.74 bits per heavy atom. The van der Waals surface area contributed by atoms with E-state index in [9.17, 15) is 14.4 Å². The van der Waals surface area contributed by atoms with Crippen LogP contribution in [-0.4, -0.2) is 29.4 Å². The smallest absolute Gasteiger partial charge is 0.259 e. The van der Waals surface area contributed by atoms with E-state index in [0.29, 0.717) is 11.4 Å². The van der Waals surface area contributed by atoms with Gasteiger partial charge in [-0.1, -0.05) is 39.7 Å². The molecule has 2 atom stereocenters. The van der Waals surface area contributed by atoms with E-state index in [-0.39, 0.29) is 16.5 Å². The number of nitrogens with zero attached hydrogens (tertiary/aromatic N) is 3. The number of hydrogen-bond acceptors (Lipinski definition) is 5. The number of rotatable bonds is 3. The number of hydrogen-bond donors (Lipinski definition) is 0. The number of Topliss-reactive ketones (excluding diaryl/α,β-unsaturated/α-hetero) is 1. The third-order valence-electron chi connectivity index (χ3n) is 4.59. The highest BCUT2D eigenvalue weighted by atomic mass is 79.9. The van der Waals surface area contributed by atoms with E-state index in [1.165, 1.54) is 11.9 Å². The molecule has 0 aromatic heterocycles. The summed E-state index contributed by atoms with van der Waals surface area (Å²) in [6.07, 6.45) is 0. The van der Waals surface area contributed by atoms with Gasteiger partial charge in [-0.05, 0) is 36.4 Å². The van der Waals surface area contributed by atoms with E-state index in [0.717, 1.165) is 9.37 Å². The highest BCUT2D eigenvalue weighted by Gasteiger charge is 2.58. The van der Waals surface area contributed by atoms with Crippen LogP contribution in [0, 0.1) is 5.92 Å². The number of anilines is 2. The zero-order valence-electron chi connectivity index (χ0n) is 14.1. The average molecular weight is 447 g/mol. The van der Waals surface area contributed by atoms with Gasteiger partial charge in [0.05, 0.1) is 16.4 Å². The summed E-state index contributed by atoms with van der Waals surface area (Å²) in [5, 5.41) is 6.04. The van der Waals surface area contributed by atoms with Gasteiger partial charge in [-0.25, -0.2) is 4.90 Å². The molecule has 4 rings (SSSR count). The van der Waals surface area contributed by atoms with E-state index in [1.54, 1.807) is 48.5 Å². The van der Waals surface area contributed by atoms with Crippen molar-refractivity contribution in [3.8, 4) is 0 Å². The SMILES string of the molecule is CC(=O)C1=NN(c2ccc(Br)cc2)[C@H]2C(=O)N(c3ccccc3Cl)C(=O)[C@@H]12. The minimum atomic E-state index is -0.949.